The number of amides is 3. The van der Waals surface area contributed by atoms with Gasteiger partial charge < -0.3 is 30.5 Å². The first-order chi connectivity index (χ1) is 17.6. The predicted molar refractivity (Wildman–Crippen MR) is 132 cm³/mol. The smallest absolute Gasteiger partial charge is 0.305 e. The van der Waals surface area contributed by atoms with Crippen molar-refractivity contribution in [3.63, 3.8) is 0 Å². The molecule has 0 radical (unpaired) electrons. The van der Waals surface area contributed by atoms with Crippen LogP contribution in [0.25, 0.3) is 0 Å². The number of phenolic OH excluding ortho intramolecular Hbond substituents is 1. The van der Waals surface area contributed by atoms with E-state index in [9.17, 15) is 29.1 Å². The number of aromatic nitrogens is 1. The molecule has 2 heterocycles. The third kappa shape index (κ3) is 7.17. The number of carbonyl (C=O) groups is 5. The molecular formula is C24H24Cl2N4O7. The molecule has 0 aliphatic carbocycles. The Morgan fingerprint density at radius 3 is 2.49 bits per heavy atom. The van der Waals surface area contributed by atoms with Crippen LogP contribution in [-0.2, 0) is 25.6 Å². The number of carboxylic acid groups (broad SMARTS) is 1. The van der Waals surface area contributed by atoms with E-state index in [2.05, 4.69) is 15.6 Å². The number of pyridine rings is 1. The number of carboxylic acids is 1. The maximum atomic E-state index is 13.6. The molecule has 1 unspecified atom stereocenters. The van der Waals surface area contributed by atoms with Gasteiger partial charge in [-0.2, -0.15) is 0 Å². The van der Waals surface area contributed by atoms with Gasteiger partial charge in [0.1, 0.15) is 18.4 Å². The molecule has 3 amide bonds. The van der Waals surface area contributed by atoms with Gasteiger partial charge in [-0.15, -0.1) is 0 Å². The summed E-state index contributed by atoms with van der Waals surface area (Å²) in [7, 11) is 0. The number of rotatable bonds is 10. The summed E-state index contributed by atoms with van der Waals surface area (Å²) in [6.45, 7) is 0.220. The van der Waals surface area contributed by atoms with Crippen LogP contribution in [0.1, 0.15) is 35.2 Å². The number of benzene rings is 1. The Labute approximate surface area is 221 Å². The van der Waals surface area contributed by atoms with Gasteiger partial charge in [0.05, 0.1) is 22.5 Å². The van der Waals surface area contributed by atoms with Gasteiger partial charge >= 0.3 is 5.97 Å². The van der Waals surface area contributed by atoms with Gasteiger partial charge in [0.2, 0.25) is 11.8 Å². The van der Waals surface area contributed by atoms with Crippen LogP contribution in [0.15, 0.2) is 36.7 Å². The lowest BCUT2D eigenvalue weighted by molar-refractivity contribution is -0.142. The summed E-state index contributed by atoms with van der Waals surface area (Å²) in [6.07, 6.45) is 3.67. The van der Waals surface area contributed by atoms with Crippen molar-refractivity contribution in [3.05, 3.63) is 57.8 Å². The van der Waals surface area contributed by atoms with Crippen LogP contribution >= 0.6 is 23.2 Å². The number of phenols is 1. The van der Waals surface area contributed by atoms with E-state index < -0.39 is 48.2 Å². The van der Waals surface area contributed by atoms with Crippen LogP contribution in [0.5, 0.6) is 5.75 Å². The molecule has 2 aromatic rings. The lowest BCUT2D eigenvalue weighted by Gasteiger charge is -2.29. The number of aliphatic carboxylic acids is 1. The summed E-state index contributed by atoms with van der Waals surface area (Å²) in [4.78, 5) is 66.9. The molecule has 0 spiro atoms. The fraction of sp³-hybridized carbons (Fsp3) is 0.333. The number of hydrogen-bond donors (Lipinski definition) is 4. The molecule has 13 heteroatoms. The molecule has 37 heavy (non-hydrogen) atoms. The second-order valence-electron chi connectivity index (χ2n) is 8.42. The monoisotopic (exact) mass is 550 g/mol. The van der Waals surface area contributed by atoms with Crippen LogP contribution in [0.4, 0.5) is 0 Å². The number of aromatic hydroxyl groups is 1. The number of nitrogens with one attached hydrogen (secondary N) is 2. The molecule has 1 aromatic heterocycles. The highest BCUT2D eigenvalue weighted by molar-refractivity contribution is 6.37. The number of hydrogen-bond acceptors (Lipinski definition) is 7. The van der Waals surface area contributed by atoms with Gasteiger partial charge in [0, 0.05) is 30.9 Å². The normalized spacial score (nSPS) is 16.5. The maximum Gasteiger partial charge on any atom is 0.305 e. The van der Waals surface area contributed by atoms with Crippen molar-refractivity contribution in [1.82, 2.24) is 20.5 Å². The van der Waals surface area contributed by atoms with Gasteiger partial charge in [0.15, 0.2) is 5.75 Å². The van der Waals surface area contributed by atoms with E-state index in [-0.39, 0.29) is 34.3 Å². The Kier molecular flexibility index (Phi) is 9.42. The fourth-order valence-corrected chi connectivity index (χ4v) is 4.48. The van der Waals surface area contributed by atoms with Crippen molar-refractivity contribution in [2.45, 2.75) is 43.8 Å². The Bertz CT molecular complexity index is 1170. The zero-order valence-corrected chi connectivity index (χ0v) is 20.9. The first-order valence-corrected chi connectivity index (χ1v) is 12.0. The van der Waals surface area contributed by atoms with E-state index in [4.69, 9.17) is 28.3 Å². The van der Waals surface area contributed by atoms with Crippen molar-refractivity contribution in [1.29, 1.82) is 0 Å². The number of likely N-dealkylation sites (tertiary alicyclic amines) is 1. The zero-order chi connectivity index (χ0) is 27.1. The van der Waals surface area contributed by atoms with Crippen molar-refractivity contribution < 1.29 is 34.2 Å². The minimum atomic E-state index is -1.26. The molecule has 0 saturated carbocycles. The highest BCUT2D eigenvalue weighted by Gasteiger charge is 2.38. The van der Waals surface area contributed by atoms with E-state index >= 15 is 0 Å². The van der Waals surface area contributed by atoms with Crippen molar-refractivity contribution >= 4 is 53.2 Å². The molecule has 11 nitrogen and oxygen atoms in total. The average molecular weight is 551 g/mol. The second-order valence-corrected chi connectivity index (χ2v) is 9.23. The average Bonchev–Trinajstić information content (AvgIpc) is 3.36. The second kappa shape index (κ2) is 12.5. The summed E-state index contributed by atoms with van der Waals surface area (Å²) in [5.74, 6) is -3.54. The SMILES string of the molecule is O=C[C@H](CC(=O)O)NC(=O)[C@@H]1CCCN1C(=O)C(Cc1cccnc1)NC(=O)c1cc(Cl)c(O)c(Cl)c1. The Hall–Kier alpha value is -3.70. The molecule has 3 atom stereocenters. The Morgan fingerprint density at radius 2 is 1.89 bits per heavy atom. The topological polar surface area (TPSA) is 166 Å². The molecule has 1 aliphatic heterocycles. The predicted octanol–water partition coefficient (Wildman–Crippen LogP) is 1.58. The summed E-state index contributed by atoms with van der Waals surface area (Å²) in [5.41, 5.74) is 0.653. The third-order valence-corrected chi connectivity index (χ3v) is 6.35. The van der Waals surface area contributed by atoms with Crippen molar-refractivity contribution in [2.24, 2.45) is 0 Å². The third-order valence-electron chi connectivity index (χ3n) is 5.77. The highest BCUT2D eigenvalue weighted by atomic mass is 35.5. The van der Waals surface area contributed by atoms with E-state index in [0.29, 0.717) is 24.7 Å². The highest BCUT2D eigenvalue weighted by Crippen LogP contribution is 2.32. The van der Waals surface area contributed by atoms with Crippen LogP contribution in [0.3, 0.4) is 0 Å². The number of nitrogens with zero attached hydrogens (tertiary/aromatic N) is 2. The van der Waals surface area contributed by atoms with Gasteiger partial charge in [0.25, 0.3) is 5.91 Å². The van der Waals surface area contributed by atoms with Gasteiger partial charge in [-0.25, -0.2) is 0 Å². The molecule has 3 rings (SSSR count). The lowest BCUT2D eigenvalue weighted by atomic mass is 10.0. The molecule has 1 aliphatic rings. The van der Waals surface area contributed by atoms with E-state index in [0.717, 1.165) is 0 Å². The molecule has 1 fully saturated rings. The molecule has 196 valence electrons. The fourth-order valence-electron chi connectivity index (χ4n) is 4.00. The van der Waals surface area contributed by atoms with E-state index in [1.807, 2.05) is 0 Å². The van der Waals surface area contributed by atoms with Crippen LogP contribution in [0, 0.1) is 0 Å². The van der Waals surface area contributed by atoms with E-state index in [1.165, 1.54) is 23.2 Å². The molecule has 1 saturated heterocycles. The van der Waals surface area contributed by atoms with Gasteiger partial charge in [-0.1, -0.05) is 29.3 Å². The number of carbonyl (C=O) groups excluding carboxylic acids is 4. The van der Waals surface area contributed by atoms with Gasteiger partial charge in [-0.05, 0) is 36.6 Å². The van der Waals surface area contributed by atoms with E-state index in [1.54, 1.807) is 18.3 Å². The standard InChI is InChI=1S/C24H24Cl2N4O7/c25-16-8-14(9-17(26)21(16)34)22(35)29-18(7-13-3-1-5-27-11-13)24(37)30-6-2-4-19(30)23(36)28-15(12-31)10-20(32)33/h1,3,5,8-9,11-12,15,18-19,34H,2,4,6-7,10H2,(H,28,36)(H,29,35)(H,32,33)/t15-,18?,19-/m0/s1. The first-order valence-electron chi connectivity index (χ1n) is 11.3. The quantitative estimate of drug-likeness (QED) is 0.323. The van der Waals surface area contributed by atoms with Crippen LogP contribution in [-0.4, -0.2) is 74.7 Å². The summed E-state index contributed by atoms with van der Waals surface area (Å²) >= 11 is 11.9. The minimum absolute atomic E-state index is 0.00926. The number of aldehydes is 1. The molecule has 0 bridgehead atoms. The molecule has 1 aromatic carbocycles. The summed E-state index contributed by atoms with van der Waals surface area (Å²) in [5, 5.41) is 23.4. The minimum Gasteiger partial charge on any atom is -0.505 e. The first kappa shape index (κ1) is 27.9. The van der Waals surface area contributed by atoms with Crippen molar-refractivity contribution in [3.8, 4) is 5.75 Å². The van der Waals surface area contributed by atoms with Crippen LogP contribution in [0.2, 0.25) is 10.0 Å². The van der Waals surface area contributed by atoms with Crippen LogP contribution < -0.4 is 10.6 Å². The van der Waals surface area contributed by atoms with Gasteiger partial charge in [-0.3, -0.25) is 24.2 Å². The number of halogens is 2. The molecule has 4 N–H and O–H groups in total. The molecular weight excluding hydrogens is 527 g/mol. The maximum absolute atomic E-state index is 13.6. The Morgan fingerprint density at radius 1 is 1.19 bits per heavy atom. The summed E-state index contributed by atoms with van der Waals surface area (Å²) in [6, 6.07) is 2.51. The lowest BCUT2D eigenvalue weighted by Crippen LogP contribution is -2.55. The van der Waals surface area contributed by atoms with Crippen molar-refractivity contribution in [2.75, 3.05) is 6.54 Å². The summed E-state index contributed by atoms with van der Waals surface area (Å²) < 4.78 is 0. The largest absolute Gasteiger partial charge is 0.505 e. The Balaban J connectivity index is 1.83. The zero-order valence-electron chi connectivity index (χ0n) is 19.4.